The molecule has 0 saturated carbocycles. The number of anilines is 1. The highest BCUT2D eigenvalue weighted by Gasteiger charge is 2.25. The second-order valence-electron chi connectivity index (χ2n) is 7.74. The third kappa shape index (κ3) is 5.54. The summed E-state index contributed by atoms with van der Waals surface area (Å²) < 4.78 is 43.5. The third-order valence-electron chi connectivity index (χ3n) is 5.15. The van der Waals surface area contributed by atoms with E-state index in [0.29, 0.717) is 28.2 Å². The molecule has 11 heteroatoms. The molecule has 1 heterocycles. The summed E-state index contributed by atoms with van der Waals surface area (Å²) in [5.74, 6) is 0.857. The van der Waals surface area contributed by atoms with Crippen molar-refractivity contribution in [1.29, 1.82) is 0 Å². The molecule has 0 spiro atoms. The van der Waals surface area contributed by atoms with E-state index < -0.39 is 22.0 Å². The Kier molecular flexibility index (Phi) is 7.90. The van der Waals surface area contributed by atoms with E-state index in [1.807, 2.05) is 32.0 Å². The predicted octanol–water partition coefficient (Wildman–Crippen LogP) is 2.74. The fourth-order valence-corrected chi connectivity index (χ4v) is 4.31. The number of fused-ring (bicyclic) bond motifs is 1. The number of carbonyl (C=O) groups is 1. The van der Waals surface area contributed by atoms with Crippen LogP contribution < -0.4 is 19.5 Å². The first-order valence-electron chi connectivity index (χ1n) is 10.5. The van der Waals surface area contributed by atoms with Crippen LogP contribution in [0.2, 0.25) is 0 Å². The van der Waals surface area contributed by atoms with Gasteiger partial charge in [-0.05, 0) is 30.2 Å². The molecule has 1 aromatic heterocycles. The standard InChI is InChI=1S/C23H28N4O6S/c1-14(2)21(23(28)33-5)27-22-16-8-6-7-9-17(16)25-20(26-22)13-24-34(29,30)15-10-11-18(31-3)19(12-15)32-4/h6-12,14,21,24H,13H2,1-5H3,(H,25,26,27)/t21-/m0/s1. The van der Waals surface area contributed by atoms with Gasteiger partial charge in [0.05, 0.1) is 38.3 Å². The van der Waals surface area contributed by atoms with Gasteiger partial charge in [-0.2, -0.15) is 0 Å². The Morgan fingerprint density at radius 1 is 1.00 bits per heavy atom. The predicted molar refractivity (Wildman–Crippen MR) is 127 cm³/mol. The summed E-state index contributed by atoms with van der Waals surface area (Å²) >= 11 is 0. The smallest absolute Gasteiger partial charge is 0.328 e. The maximum Gasteiger partial charge on any atom is 0.328 e. The number of aromatic nitrogens is 2. The molecule has 10 nitrogen and oxygen atoms in total. The van der Waals surface area contributed by atoms with Crippen LogP contribution in [0.3, 0.4) is 0 Å². The number of ether oxygens (including phenoxy) is 3. The van der Waals surface area contributed by atoms with Crippen molar-refractivity contribution in [3.8, 4) is 11.5 Å². The van der Waals surface area contributed by atoms with E-state index in [9.17, 15) is 13.2 Å². The molecule has 0 saturated heterocycles. The van der Waals surface area contributed by atoms with E-state index in [4.69, 9.17) is 14.2 Å². The first kappa shape index (κ1) is 25.2. The third-order valence-corrected chi connectivity index (χ3v) is 6.55. The lowest BCUT2D eigenvalue weighted by molar-refractivity contribution is -0.142. The van der Waals surface area contributed by atoms with Crippen molar-refractivity contribution in [2.45, 2.75) is 31.3 Å². The summed E-state index contributed by atoms with van der Waals surface area (Å²) in [6.45, 7) is 3.60. The van der Waals surface area contributed by atoms with Crippen molar-refractivity contribution < 1.29 is 27.4 Å². The van der Waals surface area contributed by atoms with Crippen molar-refractivity contribution in [3.63, 3.8) is 0 Å². The number of rotatable bonds is 10. The van der Waals surface area contributed by atoms with Crippen molar-refractivity contribution in [2.75, 3.05) is 26.6 Å². The second kappa shape index (κ2) is 10.7. The van der Waals surface area contributed by atoms with Gasteiger partial charge < -0.3 is 19.5 Å². The minimum Gasteiger partial charge on any atom is -0.493 e. The molecule has 3 rings (SSSR count). The molecule has 2 N–H and O–H groups in total. The van der Waals surface area contributed by atoms with E-state index >= 15 is 0 Å². The van der Waals surface area contributed by atoms with Gasteiger partial charge in [0.1, 0.15) is 17.7 Å². The van der Waals surface area contributed by atoms with Gasteiger partial charge in [0.25, 0.3) is 0 Å². The Morgan fingerprint density at radius 2 is 1.71 bits per heavy atom. The molecule has 0 aliphatic rings. The van der Waals surface area contributed by atoms with Crippen LogP contribution in [0.25, 0.3) is 10.9 Å². The van der Waals surface area contributed by atoms with Gasteiger partial charge in [-0.25, -0.2) is 27.9 Å². The maximum atomic E-state index is 12.9. The summed E-state index contributed by atoms with van der Waals surface area (Å²) in [6, 6.07) is 10.9. The van der Waals surface area contributed by atoms with Crippen molar-refractivity contribution >= 4 is 32.7 Å². The number of benzene rings is 2. The topological polar surface area (TPSA) is 129 Å². The molecule has 34 heavy (non-hydrogen) atoms. The average molecular weight is 489 g/mol. The van der Waals surface area contributed by atoms with Crippen molar-refractivity contribution in [3.05, 3.63) is 48.3 Å². The van der Waals surface area contributed by atoms with E-state index in [0.717, 1.165) is 0 Å². The number of para-hydroxylation sites is 1. The fraction of sp³-hybridized carbons (Fsp3) is 0.348. The zero-order valence-electron chi connectivity index (χ0n) is 19.7. The number of hydrogen-bond acceptors (Lipinski definition) is 9. The van der Waals surface area contributed by atoms with Crippen LogP contribution in [-0.4, -0.2) is 51.7 Å². The van der Waals surface area contributed by atoms with Crippen LogP contribution in [0.1, 0.15) is 19.7 Å². The summed E-state index contributed by atoms with van der Waals surface area (Å²) in [7, 11) is 0.327. The summed E-state index contributed by atoms with van der Waals surface area (Å²) in [5, 5.41) is 3.83. The highest BCUT2D eigenvalue weighted by atomic mass is 32.2. The zero-order valence-corrected chi connectivity index (χ0v) is 20.5. The van der Waals surface area contributed by atoms with Crippen LogP contribution in [0.15, 0.2) is 47.4 Å². The van der Waals surface area contributed by atoms with Gasteiger partial charge in [-0.15, -0.1) is 0 Å². The van der Waals surface area contributed by atoms with Gasteiger partial charge in [0, 0.05) is 11.5 Å². The molecule has 0 aliphatic heterocycles. The quantitative estimate of drug-likeness (QED) is 0.414. The lowest BCUT2D eigenvalue weighted by atomic mass is 10.0. The van der Waals surface area contributed by atoms with E-state index in [1.54, 1.807) is 6.07 Å². The Morgan fingerprint density at radius 3 is 2.35 bits per heavy atom. The summed E-state index contributed by atoms with van der Waals surface area (Å²) in [4.78, 5) is 21.2. The molecule has 0 fully saturated rings. The lowest BCUT2D eigenvalue weighted by Gasteiger charge is -2.21. The van der Waals surface area contributed by atoms with Gasteiger partial charge in [0.15, 0.2) is 11.5 Å². The number of nitrogens with one attached hydrogen (secondary N) is 2. The average Bonchev–Trinajstić information content (AvgIpc) is 2.84. The molecular weight excluding hydrogens is 460 g/mol. The van der Waals surface area contributed by atoms with Gasteiger partial charge in [0.2, 0.25) is 10.0 Å². The summed E-state index contributed by atoms with van der Waals surface area (Å²) in [5.41, 5.74) is 0.604. The second-order valence-corrected chi connectivity index (χ2v) is 9.50. The molecule has 182 valence electrons. The van der Waals surface area contributed by atoms with E-state index in [2.05, 4.69) is 20.0 Å². The molecular formula is C23H28N4O6S. The summed E-state index contributed by atoms with van der Waals surface area (Å²) in [6.07, 6.45) is 0. The molecule has 3 aromatic rings. The molecule has 0 radical (unpaired) electrons. The molecule has 0 unspecified atom stereocenters. The molecule has 0 bridgehead atoms. The number of carbonyl (C=O) groups excluding carboxylic acids is 1. The van der Waals surface area contributed by atoms with Gasteiger partial charge >= 0.3 is 5.97 Å². The molecule has 0 amide bonds. The van der Waals surface area contributed by atoms with Crippen molar-refractivity contribution in [1.82, 2.24) is 14.7 Å². The Bertz CT molecular complexity index is 1280. The van der Waals surface area contributed by atoms with Crippen LogP contribution in [0, 0.1) is 5.92 Å². The maximum absolute atomic E-state index is 12.9. The number of nitrogens with zero attached hydrogens (tertiary/aromatic N) is 2. The monoisotopic (exact) mass is 488 g/mol. The minimum absolute atomic E-state index is 0.00912. The van der Waals surface area contributed by atoms with Gasteiger partial charge in [-0.1, -0.05) is 26.0 Å². The van der Waals surface area contributed by atoms with E-state index in [1.165, 1.54) is 39.5 Å². The number of hydrogen-bond donors (Lipinski definition) is 2. The molecule has 1 atom stereocenters. The van der Waals surface area contributed by atoms with E-state index in [-0.39, 0.29) is 23.2 Å². The Balaban J connectivity index is 1.91. The van der Waals surface area contributed by atoms with Crippen LogP contribution in [0.5, 0.6) is 11.5 Å². The Labute approximate surface area is 198 Å². The largest absolute Gasteiger partial charge is 0.493 e. The highest BCUT2D eigenvalue weighted by Crippen LogP contribution is 2.29. The number of methoxy groups -OCH3 is 3. The lowest BCUT2D eigenvalue weighted by Crippen LogP contribution is -2.36. The zero-order chi connectivity index (χ0) is 24.9. The normalized spacial score (nSPS) is 12.4. The fourth-order valence-electron chi connectivity index (χ4n) is 3.31. The SMILES string of the molecule is COC(=O)[C@@H](Nc1nc(CNS(=O)(=O)c2ccc(OC)c(OC)c2)nc2ccccc12)C(C)C. The minimum atomic E-state index is -3.90. The molecule has 2 aromatic carbocycles. The van der Waals surface area contributed by atoms with Crippen LogP contribution >= 0.6 is 0 Å². The molecule has 0 aliphatic carbocycles. The number of esters is 1. The first-order valence-corrected chi connectivity index (χ1v) is 12.0. The van der Waals surface area contributed by atoms with Crippen LogP contribution in [-0.2, 0) is 26.1 Å². The first-order chi connectivity index (χ1) is 16.2. The highest BCUT2D eigenvalue weighted by molar-refractivity contribution is 7.89. The Hall–Kier alpha value is -3.44. The number of sulfonamides is 1. The van der Waals surface area contributed by atoms with Crippen molar-refractivity contribution in [2.24, 2.45) is 5.92 Å². The van der Waals surface area contributed by atoms with Gasteiger partial charge in [-0.3, -0.25) is 0 Å². The van der Waals surface area contributed by atoms with Crippen LogP contribution in [0.4, 0.5) is 5.82 Å².